The summed E-state index contributed by atoms with van der Waals surface area (Å²) in [6.07, 6.45) is 0. The molecule has 1 nitrogen and oxygen atoms in total. The molecule has 0 radical (unpaired) electrons. The zero-order valence-electron chi connectivity index (χ0n) is 8.35. The molecular formula is C13H8FNSe. The molecule has 0 atom stereocenters. The molecule has 3 heteroatoms. The Hall–Kier alpha value is -1.62. The Morgan fingerprint density at radius 2 is 1.69 bits per heavy atom. The Kier molecular flexibility index (Phi) is 3.36. The molecule has 0 unspecified atom stereocenters. The normalized spacial score (nSPS) is 9.75. The first-order valence-electron chi connectivity index (χ1n) is 4.72. The fraction of sp³-hybridized carbons (Fsp3) is 0. The van der Waals surface area contributed by atoms with Gasteiger partial charge >= 0.3 is 99.5 Å². The van der Waals surface area contributed by atoms with E-state index in [1.165, 1.54) is 12.1 Å². The summed E-state index contributed by atoms with van der Waals surface area (Å²) in [6, 6.07) is 16.1. The molecule has 0 fully saturated rings. The molecule has 0 aromatic heterocycles. The molecule has 0 aliphatic heterocycles. The van der Waals surface area contributed by atoms with Gasteiger partial charge in [-0.2, -0.15) is 0 Å². The first kappa shape index (κ1) is 10.9. The molecule has 16 heavy (non-hydrogen) atoms. The van der Waals surface area contributed by atoms with E-state index in [4.69, 9.17) is 5.26 Å². The zero-order chi connectivity index (χ0) is 11.4. The Balaban J connectivity index is 2.27. The van der Waals surface area contributed by atoms with Crippen molar-refractivity contribution in [3.63, 3.8) is 0 Å². The van der Waals surface area contributed by atoms with Crippen molar-refractivity contribution in [2.45, 2.75) is 0 Å². The van der Waals surface area contributed by atoms with Crippen LogP contribution in [0.1, 0.15) is 5.56 Å². The average Bonchev–Trinajstić information content (AvgIpc) is 2.33. The second-order valence-electron chi connectivity index (χ2n) is 3.16. The molecule has 0 saturated heterocycles. The van der Waals surface area contributed by atoms with E-state index < -0.39 is 0 Å². The van der Waals surface area contributed by atoms with Gasteiger partial charge in [-0.3, -0.25) is 0 Å². The predicted molar refractivity (Wildman–Crippen MR) is 62.6 cm³/mol. The van der Waals surface area contributed by atoms with Crippen LogP contribution in [0.2, 0.25) is 0 Å². The molecule has 2 aromatic carbocycles. The van der Waals surface area contributed by atoms with Crippen LogP contribution in [0.5, 0.6) is 0 Å². The molecule has 0 aliphatic carbocycles. The van der Waals surface area contributed by atoms with Crippen LogP contribution in [0.3, 0.4) is 0 Å². The molecule has 2 aromatic rings. The Bertz CT molecular complexity index is 528. The summed E-state index contributed by atoms with van der Waals surface area (Å²) in [4.78, 5) is 0. The van der Waals surface area contributed by atoms with Crippen LogP contribution in [0.4, 0.5) is 4.39 Å². The molecule has 0 N–H and O–H groups in total. The Morgan fingerprint density at radius 3 is 2.38 bits per heavy atom. The van der Waals surface area contributed by atoms with Gasteiger partial charge in [0.25, 0.3) is 0 Å². The summed E-state index contributed by atoms with van der Waals surface area (Å²) in [5.41, 5.74) is 0.701. The molecule has 2 rings (SSSR count). The van der Waals surface area contributed by atoms with Gasteiger partial charge in [0.1, 0.15) is 0 Å². The van der Waals surface area contributed by atoms with E-state index in [1.54, 1.807) is 18.2 Å². The van der Waals surface area contributed by atoms with E-state index in [1.807, 2.05) is 18.2 Å². The van der Waals surface area contributed by atoms with Crippen molar-refractivity contribution in [2.24, 2.45) is 0 Å². The molecule has 0 heterocycles. The predicted octanol–water partition coefficient (Wildman–Crippen LogP) is 1.35. The molecule has 0 bridgehead atoms. The van der Waals surface area contributed by atoms with Crippen molar-refractivity contribution in [1.82, 2.24) is 0 Å². The number of halogens is 1. The fourth-order valence-corrected chi connectivity index (χ4v) is 3.16. The maximum atomic E-state index is 12.7. The van der Waals surface area contributed by atoms with Crippen molar-refractivity contribution in [3.05, 3.63) is 59.9 Å². The monoisotopic (exact) mass is 277 g/mol. The second-order valence-corrected chi connectivity index (χ2v) is 5.50. The van der Waals surface area contributed by atoms with E-state index in [-0.39, 0.29) is 20.8 Å². The van der Waals surface area contributed by atoms with Gasteiger partial charge in [0.05, 0.1) is 0 Å². The van der Waals surface area contributed by atoms with Gasteiger partial charge < -0.3 is 0 Å². The van der Waals surface area contributed by atoms with Crippen LogP contribution in [-0.2, 0) is 0 Å². The van der Waals surface area contributed by atoms with Gasteiger partial charge in [-0.25, -0.2) is 0 Å². The van der Waals surface area contributed by atoms with E-state index >= 15 is 0 Å². The number of benzene rings is 2. The molecule has 0 amide bonds. The third kappa shape index (κ3) is 2.49. The summed E-state index contributed by atoms with van der Waals surface area (Å²) in [5, 5.41) is 8.94. The third-order valence-corrected chi connectivity index (χ3v) is 4.32. The minimum absolute atomic E-state index is 0.0556. The van der Waals surface area contributed by atoms with Crippen LogP contribution in [0.15, 0.2) is 48.5 Å². The number of hydrogen-bond acceptors (Lipinski definition) is 1. The van der Waals surface area contributed by atoms with Crippen LogP contribution in [0.25, 0.3) is 0 Å². The Morgan fingerprint density at radius 1 is 1.00 bits per heavy atom. The number of nitriles is 1. The summed E-state index contributed by atoms with van der Waals surface area (Å²) in [7, 11) is 0. The summed E-state index contributed by atoms with van der Waals surface area (Å²) in [5.74, 6) is -0.229. The average molecular weight is 276 g/mol. The van der Waals surface area contributed by atoms with Gasteiger partial charge in [-0.1, -0.05) is 0 Å². The SMILES string of the molecule is N#Cc1ccccc1[Se]c1ccc(F)cc1. The molecule has 78 valence electrons. The van der Waals surface area contributed by atoms with Crippen molar-refractivity contribution in [2.75, 3.05) is 0 Å². The van der Waals surface area contributed by atoms with Gasteiger partial charge in [-0.05, 0) is 0 Å². The van der Waals surface area contributed by atoms with E-state index in [9.17, 15) is 4.39 Å². The quantitative estimate of drug-likeness (QED) is 0.760. The summed E-state index contributed by atoms with van der Waals surface area (Å²) < 4.78 is 14.8. The summed E-state index contributed by atoms with van der Waals surface area (Å²) in [6.45, 7) is 0. The van der Waals surface area contributed by atoms with Gasteiger partial charge in [0.15, 0.2) is 0 Å². The minimum atomic E-state index is -0.229. The van der Waals surface area contributed by atoms with Crippen molar-refractivity contribution in [3.8, 4) is 6.07 Å². The fourth-order valence-electron chi connectivity index (χ4n) is 1.28. The van der Waals surface area contributed by atoms with Crippen LogP contribution >= 0.6 is 0 Å². The molecular weight excluding hydrogens is 268 g/mol. The van der Waals surface area contributed by atoms with E-state index in [2.05, 4.69) is 6.07 Å². The van der Waals surface area contributed by atoms with E-state index in [0.29, 0.717) is 5.56 Å². The molecule has 0 saturated carbocycles. The van der Waals surface area contributed by atoms with Crippen LogP contribution < -0.4 is 8.92 Å². The third-order valence-electron chi connectivity index (χ3n) is 2.05. The first-order valence-corrected chi connectivity index (χ1v) is 6.43. The van der Waals surface area contributed by atoms with Crippen LogP contribution in [-0.4, -0.2) is 15.0 Å². The zero-order valence-corrected chi connectivity index (χ0v) is 10.1. The molecule has 0 spiro atoms. The molecule has 0 aliphatic rings. The summed E-state index contributed by atoms with van der Waals surface area (Å²) >= 11 is 0.0556. The van der Waals surface area contributed by atoms with Crippen LogP contribution in [0, 0.1) is 17.1 Å². The van der Waals surface area contributed by atoms with Gasteiger partial charge in [0.2, 0.25) is 0 Å². The number of rotatable bonds is 2. The van der Waals surface area contributed by atoms with E-state index in [0.717, 1.165) is 8.92 Å². The van der Waals surface area contributed by atoms with Crippen molar-refractivity contribution < 1.29 is 4.39 Å². The maximum absolute atomic E-state index is 12.7. The standard InChI is InChI=1S/C13H8FNSe/c14-11-5-7-12(8-6-11)16-13-4-2-1-3-10(13)9-15/h1-8H. The van der Waals surface area contributed by atoms with Crippen molar-refractivity contribution >= 4 is 23.9 Å². The number of hydrogen-bond donors (Lipinski definition) is 0. The van der Waals surface area contributed by atoms with Gasteiger partial charge in [-0.15, -0.1) is 0 Å². The topological polar surface area (TPSA) is 23.8 Å². The van der Waals surface area contributed by atoms with Gasteiger partial charge in [0, 0.05) is 0 Å². The first-order chi connectivity index (χ1) is 7.79. The second kappa shape index (κ2) is 4.94. The number of nitrogens with zero attached hydrogens (tertiary/aromatic N) is 1. The van der Waals surface area contributed by atoms with Crippen molar-refractivity contribution in [1.29, 1.82) is 5.26 Å². The Labute approximate surface area is 99.7 Å².